The summed E-state index contributed by atoms with van der Waals surface area (Å²) in [5.41, 5.74) is 0.0851. The van der Waals surface area contributed by atoms with E-state index in [4.69, 9.17) is 9.31 Å². The van der Waals surface area contributed by atoms with E-state index in [1.54, 1.807) is 4.68 Å². The molecule has 16 heavy (non-hydrogen) atoms. The molecule has 1 aliphatic heterocycles. The molecular formula is C10H18BN3O2. The first-order chi connectivity index (χ1) is 7.36. The predicted octanol–water partition coefficient (Wildman–Crippen LogP) is 0.597. The van der Waals surface area contributed by atoms with Crippen LogP contribution in [0.1, 0.15) is 34.6 Å². The van der Waals surface area contributed by atoms with Crippen LogP contribution in [0.2, 0.25) is 0 Å². The minimum absolute atomic E-state index is 0.326. The number of aromatic nitrogens is 3. The molecule has 6 heteroatoms. The third-order valence-corrected chi connectivity index (χ3v) is 3.38. The number of aryl methyl sites for hydroxylation is 1. The SMILES string of the molecule is CCn1cc(B2OC(C)(C)C(C)(C)O2)nn1. The molecule has 2 heterocycles. The van der Waals surface area contributed by atoms with Gasteiger partial charge < -0.3 is 9.31 Å². The Morgan fingerprint density at radius 1 is 1.25 bits per heavy atom. The van der Waals surface area contributed by atoms with Crippen LogP contribution < -0.4 is 5.59 Å². The molecule has 0 atom stereocenters. The summed E-state index contributed by atoms with van der Waals surface area (Å²) in [4.78, 5) is 0. The molecule has 0 aliphatic carbocycles. The molecule has 2 rings (SSSR count). The van der Waals surface area contributed by atoms with Gasteiger partial charge in [0.25, 0.3) is 0 Å². The van der Waals surface area contributed by atoms with Crippen molar-refractivity contribution >= 4 is 12.7 Å². The number of rotatable bonds is 2. The Balaban J connectivity index is 2.20. The van der Waals surface area contributed by atoms with Crippen LogP contribution in [0.25, 0.3) is 0 Å². The van der Waals surface area contributed by atoms with E-state index >= 15 is 0 Å². The van der Waals surface area contributed by atoms with E-state index in [1.807, 2.05) is 40.8 Å². The zero-order chi connectivity index (χ0) is 12.0. The van der Waals surface area contributed by atoms with Crippen LogP contribution in [-0.4, -0.2) is 33.3 Å². The Labute approximate surface area is 96.3 Å². The van der Waals surface area contributed by atoms with Crippen molar-refractivity contribution in [2.75, 3.05) is 0 Å². The van der Waals surface area contributed by atoms with E-state index in [-0.39, 0.29) is 11.2 Å². The maximum atomic E-state index is 5.87. The molecule has 1 saturated heterocycles. The minimum atomic E-state index is -0.412. The molecule has 0 aromatic carbocycles. The van der Waals surface area contributed by atoms with Gasteiger partial charge in [-0.05, 0) is 34.6 Å². The fourth-order valence-electron chi connectivity index (χ4n) is 1.54. The van der Waals surface area contributed by atoms with Crippen molar-refractivity contribution in [1.82, 2.24) is 15.0 Å². The first kappa shape index (κ1) is 11.6. The molecule has 0 amide bonds. The van der Waals surface area contributed by atoms with Crippen molar-refractivity contribution in [3.63, 3.8) is 0 Å². The van der Waals surface area contributed by atoms with E-state index in [9.17, 15) is 0 Å². The van der Waals surface area contributed by atoms with E-state index < -0.39 is 7.12 Å². The summed E-state index contributed by atoms with van der Waals surface area (Å²) in [6.07, 6.45) is 1.86. The number of nitrogens with zero attached hydrogens (tertiary/aromatic N) is 3. The standard InChI is InChI=1S/C10H18BN3O2/c1-6-14-7-8(12-13-14)11-15-9(2,3)10(4,5)16-11/h7H,6H2,1-5H3. The molecule has 5 nitrogen and oxygen atoms in total. The first-order valence-corrected chi connectivity index (χ1v) is 5.61. The van der Waals surface area contributed by atoms with Crippen LogP contribution in [0.5, 0.6) is 0 Å². The van der Waals surface area contributed by atoms with Crippen LogP contribution in [0.4, 0.5) is 0 Å². The summed E-state index contributed by atoms with van der Waals surface area (Å²) < 4.78 is 13.5. The highest BCUT2D eigenvalue weighted by molar-refractivity contribution is 6.61. The van der Waals surface area contributed by atoms with Gasteiger partial charge in [0.1, 0.15) is 5.59 Å². The van der Waals surface area contributed by atoms with Crippen LogP contribution in [-0.2, 0) is 15.9 Å². The van der Waals surface area contributed by atoms with Crippen molar-refractivity contribution in [2.45, 2.75) is 52.4 Å². The summed E-state index contributed by atoms with van der Waals surface area (Å²) in [5, 5.41) is 8.04. The van der Waals surface area contributed by atoms with Crippen LogP contribution in [0, 0.1) is 0 Å². The molecule has 0 saturated carbocycles. The van der Waals surface area contributed by atoms with Crippen LogP contribution >= 0.6 is 0 Å². The highest BCUT2D eigenvalue weighted by Gasteiger charge is 2.52. The average Bonchev–Trinajstić information content (AvgIpc) is 2.70. The average molecular weight is 223 g/mol. The lowest BCUT2D eigenvalue weighted by Gasteiger charge is -2.32. The molecule has 88 valence electrons. The molecule has 0 unspecified atom stereocenters. The van der Waals surface area contributed by atoms with Crippen molar-refractivity contribution in [3.8, 4) is 0 Å². The van der Waals surface area contributed by atoms with Crippen molar-refractivity contribution in [1.29, 1.82) is 0 Å². The first-order valence-electron chi connectivity index (χ1n) is 5.61. The Morgan fingerprint density at radius 3 is 2.25 bits per heavy atom. The monoisotopic (exact) mass is 223 g/mol. The van der Waals surface area contributed by atoms with Crippen molar-refractivity contribution in [3.05, 3.63) is 6.20 Å². The molecule has 1 aromatic heterocycles. The molecule has 0 spiro atoms. The second-order valence-corrected chi connectivity index (χ2v) is 5.09. The molecule has 1 aromatic rings. The van der Waals surface area contributed by atoms with Gasteiger partial charge in [-0.15, -0.1) is 5.10 Å². The quantitative estimate of drug-likeness (QED) is 0.689. The lowest BCUT2D eigenvalue weighted by Crippen LogP contribution is -2.41. The van der Waals surface area contributed by atoms with Gasteiger partial charge in [-0.1, -0.05) is 5.21 Å². The fraction of sp³-hybridized carbons (Fsp3) is 0.800. The Hall–Kier alpha value is -0.875. The van der Waals surface area contributed by atoms with Gasteiger partial charge in [0.15, 0.2) is 0 Å². The van der Waals surface area contributed by atoms with Gasteiger partial charge in [-0.2, -0.15) is 0 Å². The largest absolute Gasteiger partial charge is 0.518 e. The van der Waals surface area contributed by atoms with Gasteiger partial charge in [-0.25, -0.2) is 0 Å². The zero-order valence-corrected chi connectivity index (χ0v) is 10.5. The van der Waals surface area contributed by atoms with E-state index in [0.29, 0.717) is 0 Å². The van der Waals surface area contributed by atoms with Crippen molar-refractivity contribution < 1.29 is 9.31 Å². The van der Waals surface area contributed by atoms with Crippen molar-refractivity contribution in [2.24, 2.45) is 0 Å². The number of hydrogen-bond acceptors (Lipinski definition) is 4. The zero-order valence-electron chi connectivity index (χ0n) is 10.5. The highest BCUT2D eigenvalue weighted by atomic mass is 16.7. The number of hydrogen-bond donors (Lipinski definition) is 0. The summed E-state index contributed by atoms with van der Waals surface area (Å²) in [6.45, 7) is 10.9. The molecule has 0 radical (unpaired) electrons. The van der Waals surface area contributed by atoms with E-state index in [2.05, 4.69) is 10.3 Å². The molecule has 1 aliphatic rings. The van der Waals surface area contributed by atoms with Gasteiger partial charge >= 0.3 is 7.12 Å². The van der Waals surface area contributed by atoms with Gasteiger partial charge in [0, 0.05) is 12.7 Å². The molecule has 0 N–H and O–H groups in total. The maximum Gasteiger partial charge on any atom is 0.518 e. The topological polar surface area (TPSA) is 49.2 Å². The smallest absolute Gasteiger partial charge is 0.398 e. The molecule has 1 fully saturated rings. The summed E-state index contributed by atoms with van der Waals surface area (Å²) >= 11 is 0. The summed E-state index contributed by atoms with van der Waals surface area (Å²) in [7, 11) is -0.412. The third-order valence-electron chi connectivity index (χ3n) is 3.38. The summed E-state index contributed by atoms with van der Waals surface area (Å²) in [5.74, 6) is 0. The van der Waals surface area contributed by atoms with Gasteiger partial charge in [-0.3, -0.25) is 4.68 Å². The fourth-order valence-corrected chi connectivity index (χ4v) is 1.54. The second-order valence-electron chi connectivity index (χ2n) is 5.09. The Bertz CT molecular complexity index is 373. The van der Waals surface area contributed by atoms with E-state index in [0.717, 1.165) is 12.1 Å². The Morgan fingerprint density at radius 2 is 1.81 bits per heavy atom. The highest BCUT2D eigenvalue weighted by Crippen LogP contribution is 2.36. The van der Waals surface area contributed by atoms with Crippen LogP contribution in [0.15, 0.2) is 6.20 Å². The third kappa shape index (κ3) is 1.76. The molecular weight excluding hydrogens is 205 g/mol. The second kappa shape index (κ2) is 3.57. The summed E-state index contributed by atoms with van der Waals surface area (Å²) in [6, 6.07) is 0. The lowest BCUT2D eigenvalue weighted by atomic mass is 9.86. The van der Waals surface area contributed by atoms with Crippen LogP contribution in [0.3, 0.4) is 0 Å². The minimum Gasteiger partial charge on any atom is -0.398 e. The maximum absolute atomic E-state index is 5.87. The van der Waals surface area contributed by atoms with Gasteiger partial charge in [0.05, 0.1) is 11.2 Å². The lowest BCUT2D eigenvalue weighted by molar-refractivity contribution is 0.00578. The predicted molar refractivity (Wildman–Crippen MR) is 61.4 cm³/mol. The van der Waals surface area contributed by atoms with E-state index in [1.165, 1.54) is 0 Å². The van der Waals surface area contributed by atoms with Gasteiger partial charge in [0.2, 0.25) is 0 Å². The normalized spacial score (nSPS) is 22.7. The Kier molecular flexibility index (Phi) is 2.59. The molecule has 0 bridgehead atoms.